The SMILES string of the molecule is N=C/C(=C\N)c1ccc2c(ccn2CC2CCN(Sc3ccccc3)CC2)c1. The molecule has 5 heteroatoms. The lowest BCUT2D eigenvalue weighted by Crippen LogP contribution is -2.30. The Bertz CT molecular complexity index is 969. The highest BCUT2D eigenvalue weighted by Gasteiger charge is 2.20. The van der Waals surface area contributed by atoms with Crippen molar-refractivity contribution in [2.75, 3.05) is 13.1 Å². The summed E-state index contributed by atoms with van der Waals surface area (Å²) >= 11 is 1.88. The summed E-state index contributed by atoms with van der Waals surface area (Å²) in [5, 5.41) is 8.69. The van der Waals surface area contributed by atoms with Crippen LogP contribution in [-0.4, -0.2) is 28.2 Å². The van der Waals surface area contributed by atoms with Crippen LogP contribution >= 0.6 is 11.9 Å². The molecule has 0 amide bonds. The monoisotopic (exact) mass is 390 g/mol. The van der Waals surface area contributed by atoms with E-state index in [2.05, 4.69) is 69.7 Å². The van der Waals surface area contributed by atoms with Crippen LogP contribution in [-0.2, 0) is 6.54 Å². The van der Waals surface area contributed by atoms with Crippen LogP contribution in [0.15, 0.2) is 71.9 Å². The number of rotatable bonds is 6. The molecule has 2 aromatic carbocycles. The number of allylic oxidation sites excluding steroid dienone is 1. The van der Waals surface area contributed by atoms with E-state index in [1.54, 1.807) is 0 Å². The molecule has 2 heterocycles. The van der Waals surface area contributed by atoms with E-state index in [1.165, 1.54) is 41.1 Å². The van der Waals surface area contributed by atoms with Crippen LogP contribution in [0.3, 0.4) is 0 Å². The molecule has 0 unspecified atom stereocenters. The van der Waals surface area contributed by atoms with E-state index in [0.29, 0.717) is 5.92 Å². The summed E-state index contributed by atoms with van der Waals surface area (Å²) in [7, 11) is 0. The summed E-state index contributed by atoms with van der Waals surface area (Å²) in [5.74, 6) is 0.712. The first-order chi connectivity index (χ1) is 13.8. The average molecular weight is 391 g/mol. The van der Waals surface area contributed by atoms with Crippen molar-refractivity contribution in [3.05, 3.63) is 72.6 Å². The minimum Gasteiger partial charge on any atom is -0.404 e. The van der Waals surface area contributed by atoms with Gasteiger partial charge in [-0.3, -0.25) is 0 Å². The molecule has 1 fully saturated rings. The third-order valence-corrected chi connectivity index (χ3v) is 6.55. The number of fused-ring (bicyclic) bond motifs is 1. The highest BCUT2D eigenvalue weighted by atomic mass is 32.2. The number of hydrogen-bond donors (Lipinski definition) is 2. The summed E-state index contributed by atoms with van der Waals surface area (Å²) in [4.78, 5) is 1.32. The Hall–Kier alpha value is -2.50. The Labute approximate surface area is 170 Å². The summed E-state index contributed by atoms with van der Waals surface area (Å²) < 4.78 is 4.87. The van der Waals surface area contributed by atoms with Crippen molar-refractivity contribution < 1.29 is 0 Å². The number of aromatic nitrogens is 1. The van der Waals surface area contributed by atoms with Crippen LogP contribution in [0.4, 0.5) is 0 Å². The first-order valence-electron chi connectivity index (χ1n) is 9.76. The Balaban J connectivity index is 1.38. The van der Waals surface area contributed by atoms with E-state index < -0.39 is 0 Å². The fourth-order valence-electron chi connectivity index (χ4n) is 3.86. The van der Waals surface area contributed by atoms with Crippen LogP contribution in [0.25, 0.3) is 16.5 Å². The van der Waals surface area contributed by atoms with Gasteiger partial charge in [-0.1, -0.05) is 24.3 Å². The number of nitrogens with zero attached hydrogens (tertiary/aromatic N) is 2. The van der Waals surface area contributed by atoms with Gasteiger partial charge in [0.05, 0.1) is 0 Å². The molecular formula is C23H26N4S. The van der Waals surface area contributed by atoms with Gasteiger partial charge in [-0.05, 0) is 66.6 Å². The summed E-state index contributed by atoms with van der Waals surface area (Å²) in [6, 6.07) is 19.1. The summed E-state index contributed by atoms with van der Waals surface area (Å²) in [6.07, 6.45) is 7.44. The lowest BCUT2D eigenvalue weighted by atomic mass is 9.98. The molecule has 144 valence electrons. The van der Waals surface area contributed by atoms with Crippen molar-refractivity contribution in [2.45, 2.75) is 24.3 Å². The number of nitrogens with one attached hydrogen (secondary N) is 1. The van der Waals surface area contributed by atoms with Gasteiger partial charge in [-0.25, -0.2) is 4.31 Å². The molecule has 1 saturated heterocycles. The molecule has 28 heavy (non-hydrogen) atoms. The highest BCUT2D eigenvalue weighted by molar-refractivity contribution is 7.97. The van der Waals surface area contributed by atoms with Gasteiger partial charge in [0.25, 0.3) is 0 Å². The van der Waals surface area contributed by atoms with Gasteiger partial charge in [0, 0.05) is 59.6 Å². The van der Waals surface area contributed by atoms with Crippen molar-refractivity contribution in [3.8, 4) is 0 Å². The molecule has 1 aromatic heterocycles. The smallest absolute Gasteiger partial charge is 0.0480 e. The molecule has 4 nitrogen and oxygen atoms in total. The maximum Gasteiger partial charge on any atom is 0.0480 e. The molecule has 0 aliphatic carbocycles. The molecule has 1 aliphatic heterocycles. The van der Waals surface area contributed by atoms with E-state index in [0.717, 1.165) is 30.8 Å². The lowest BCUT2D eigenvalue weighted by Gasteiger charge is -2.31. The van der Waals surface area contributed by atoms with E-state index in [-0.39, 0.29) is 0 Å². The molecule has 0 bridgehead atoms. The topological polar surface area (TPSA) is 58.0 Å². The largest absolute Gasteiger partial charge is 0.404 e. The highest BCUT2D eigenvalue weighted by Crippen LogP contribution is 2.30. The molecule has 3 N–H and O–H groups in total. The zero-order valence-electron chi connectivity index (χ0n) is 15.9. The fourth-order valence-corrected chi connectivity index (χ4v) is 4.83. The summed E-state index contributed by atoms with van der Waals surface area (Å²) in [5.41, 5.74) is 8.62. The third kappa shape index (κ3) is 4.16. The van der Waals surface area contributed by atoms with Crippen molar-refractivity contribution >= 4 is 34.6 Å². The predicted molar refractivity (Wildman–Crippen MR) is 119 cm³/mol. The third-order valence-electron chi connectivity index (χ3n) is 5.45. The van der Waals surface area contributed by atoms with E-state index in [9.17, 15) is 0 Å². The van der Waals surface area contributed by atoms with Crippen molar-refractivity contribution in [1.29, 1.82) is 5.41 Å². The van der Waals surface area contributed by atoms with E-state index in [4.69, 9.17) is 11.1 Å². The van der Waals surface area contributed by atoms with Gasteiger partial charge in [-0.15, -0.1) is 0 Å². The zero-order valence-corrected chi connectivity index (χ0v) is 16.7. The second-order valence-corrected chi connectivity index (χ2v) is 8.46. The minimum atomic E-state index is 0.712. The van der Waals surface area contributed by atoms with Gasteiger partial charge in [0.15, 0.2) is 0 Å². The number of nitrogens with two attached hydrogens (primary N) is 1. The Kier molecular flexibility index (Phi) is 5.84. The molecule has 0 spiro atoms. The number of piperidine rings is 1. The molecule has 3 aromatic rings. The molecule has 0 radical (unpaired) electrons. The van der Waals surface area contributed by atoms with Crippen molar-refractivity contribution in [1.82, 2.24) is 8.87 Å². The number of benzene rings is 2. The second-order valence-electron chi connectivity index (χ2n) is 7.28. The van der Waals surface area contributed by atoms with Gasteiger partial charge >= 0.3 is 0 Å². The Morgan fingerprint density at radius 2 is 1.89 bits per heavy atom. The Morgan fingerprint density at radius 1 is 1.11 bits per heavy atom. The second kappa shape index (κ2) is 8.67. The quantitative estimate of drug-likeness (QED) is 0.459. The molecule has 4 rings (SSSR count). The standard InChI is InChI=1S/C23H26N4S/c24-15-21(16-25)19-6-7-23-20(14-19)10-11-26(23)17-18-8-12-27(13-9-18)28-22-4-2-1-3-5-22/h1-7,10-11,14-16,18,24H,8-9,12-13,17,25H2/b21-16+,24-15?. The average Bonchev–Trinajstić information content (AvgIpc) is 3.13. The van der Waals surface area contributed by atoms with Crippen LogP contribution in [0.2, 0.25) is 0 Å². The van der Waals surface area contributed by atoms with E-state index in [1.807, 2.05) is 11.9 Å². The zero-order chi connectivity index (χ0) is 19.3. The van der Waals surface area contributed by atoms with Gasteiger partial charge in [0.2, 0.25) is 0 Å². The lowest BCUT2D eigenvalue weighted by molar-refractivity contribution is 0.269. The van der Waals surface area contributed by atoms with Crippen LogP contribution in [0.1, 0.15) is 18.4 Å². The first-order valence-corrected chi connectivity index (χ1v) is 10.5. The van der Waals surface area contributed by atoms with Crippen LogP contribution < -0.4 is 5.73 Å². The van der Waals surface area contributed by atoms with E-state index >= 15 is 0 Å². The van der Waals surface area contributed by atoms with Crippen molar-refractivity contribution in [2.24, 2.45) is 11.7 Å². The Morgan fingerprint density at radius 3 is 2.61 bits per heavy atom. The van der Waals surface area contributed by atoms with Gasteiger partial charge < -0.3 is 15.7 Å². The maximum absolute atomic E-state index is 7.48. The maximum atomic E-state index is 7.48. The molecular weight excluding hydrogens is 364 g/mol. The molecule has 0 atom stereocenters. The van der Waals surface area contributed by atoms with Gasteiger partial charge in [0.1, 0.15) is 0 Å². The van der Waals surface area contributed by atoms with Crippen LogP contribution in [0, 0.1) is 11.3 Å². The minimum absolute atomic E-state index is 0.712. The molecule has 1 aliphatic rings. The summed E-state index contributed by atoms with van der Waals surface area (Å²) in [6.45, 7) is 3.34. The number of hydrogen-bond acceptors (Lipinski definition) is 4. The predicted octanol–water partition coefficient (Wildman–Crippen LogP) is 5.01. The normalized spacial score (nSPS) is 16.5. The first kappa shape index (κ1) is 18.8. The van der Waals surface area contributed by atoms with Gasteiger partial charge in [-0.2, -0.15) is 0 Å². The fraction of sp³-hybridized carbons (Fsp3) is 0.261. The van der Waals surface area contributed by atoms with Crippen LogP contribution in [0.5, 0.6) is 0 Å². The molecule has 0 saturated carbocycles. The van der Waals surface area contributed by atoms with Crippen molar-refractivity contribution in [3.63, 3.8) is 0 Å².